The number of benzene rings is 3. The van der Waals surface area contributed by atoms with Crippen molar-refractivity contribution >= 4 is 44.7 Å². The number of carbonyl (C=O) groups excluding carboxylic acids is 1. The quantitative estimate of drug-likeness (QED) is 0.0892. The van der Waals surface area contributed by atoms with Gasteiger partial charge in [-0.15, -0.1) is 29.3 Å². The number of aryl methyl sites for hydroxylation is 3. The third-order valence-electron chi connectivity index (χ3n) is 9.78. The molecular weight excluding hydrogens is 797 g/mol. The Morgan fingerprint density at radius 3 is 2.10 bits per heavy atom. The smallest absolute Gasteiger partial charge is 0.162 e. The van der Waals surface area contributed by atoms with Crippen LogP contribution in [-0.2, 0) is 31.3 Å². The summed E-state index contributed by atoms with van der Waals surface area (Å²) in [5, 5.41) is 11.9. The summed E-state index contributed by atoms with van der Waals surface area (Å²) in [5.41, 5.74) is 11.0. The van der Waals surface area contributed by atoms with Crippen molar-refractivity contribution in [1.29, 1.82) is 0 Å². The van der Waals surface area contributed by atoms with E-state index in [0.29, 0.717) is 0 Å². The van der Waals surface area contributed by atoms with Gasteiger partial charge >= 0.3 is 0 Å². The fourth-order valence-electron chi connectivity index (χ4n) is 7.08. The third kappa shape index (κ3) is 7.77. The number of fused-ring (bicyclic) bond motifs is 4. The largest absolute Gasteiger partial charge is 0.512 e. The number of anilines is 3. The number of hydrogen-bond donors (Lipinski definition) is 1. The number of hydrogen-bond acceptors (Lipinski definition) is 5. The first-order chi connectivity index (χ1) is 23.3. The van der Waals surface area contributed by atoms with E-state index in [1.165, 1.54) is 22.9 Å². The summed E-state index contributed by atoms with van der Waals surface area (Å²) in [6.07, 6.45) is 5.74. The van der Waals surface area contributed by atoms with Crippen molar-refractivity contribution in [2.45, 2.75) is 101 Å². The topological polar surface area (TPSA) is 66.6 Å². The zero-order chi connectivity index (χ0) is 35.6. The van der Waals surface area contributed by atoms with Gasteiger partial charge in [0.25, 0.3) is 0 Å². The fraction of sp³-hybridized carbons (Fsp3) is 0.409. The number of furan rings is 1. The number of para-hydroxylation sites is 2. The minimum atomic E-state index is 0. The maximum absolute atomic E-state index is 11.7. The molecule has 1 aliphatic rings. The van der Waals surface area contributed by atoms with Crippen LogP contribution in [0.2, 0.25) is 0 Å². The zero-order valence-corrected chi connectivity index (χ0v) is 33.9. The van der Waals surface area contributed by atoms with Crippen LogP contribution in [0.3, 0.4) is 0 Å². The van der Waals surface area contributed by atoms with Gasteiger partial charge < -0.3 is 14.4 Å². The van der Waals surface area contributed by atoms with Gasteiger partial charge in [0.2, 0.25) is 0 Å². The first-order valence-electron chi connectivity index (χ1n) is 18.0. The molecule has 0 atom stereocenters. The molecule has 1 radical (unpaired) electrons. The number of pyridine rings is 1. The second-order valence-corrected chi connectivity index (χ2v) is 14.8. The molecule has 0 fully saturated rings. The molecule has 0 spiro atoms. The van der Waals surface area contributed by atoms with Gasteiger partial charge in [-0.25, -0.2) is 0 Å². The Labute approximate surface area is 312 Å². The van der Waals surface area contributed by atoms with Gasteiger partial charge in [-0.2, -0.15) is 0 Å². The molecule has 1 N–H and O–H groups in total. The van der Waals surface area contributed by atoms with Crippen molar-refractivity contribution in [2.24, 2.45) is 17.3 Å². The number of aliphatic hydroxyl groups excluding tert-OH is 1. The van der Waals surface area contributed by atoms with Gasteiger partial charge in [0.15, 0.2) is 5.78 Å². The molecule has 267 valence electrons. The molecule has 5 nitrogen and oxygen atoms in total. The molecule has 5 aromatic rings. The van der Waals surface area contributed by atoms with E-state index < -0.39 is 0 Å². The first kappa shape index (κ1) is 39.1. The van der Waals surface area contributed by atoms with Crippen molar-refractivity contribution in [2.75, 3.05) is 4.90 Å². The number of allylic oxidation sites excluding steroid dienone is 2. The van der Waals surface area contributed by atoms with Crippen LogP contribution in [0.4, 0.5) is 17.1 Å². The maximum Gasteiger partial charge on any atom is 0.162 e. The van der Waals surface area contributed by atoms with E-state index in [0.717, 1.165) is 87.9 Å². The molecule has 0 saturated carbocycles. The molecule has 0 saturated heterocycles. The van der Waals surface area contributed by atoms with Gasteiger partial charge in [-0.3, -0.25) is 9.78 Å². The molecule has 2 aromatic heterocycles. The standard InChI is InChI=1S/C31H29N2O.C13H24O2.Ir/c1-18-14-15-24-22(16-18)27-26-29(33(24)28-19(2)10-9-11-20(28)3)25(17-31(4,5)6)34-30(26)21-12-7-8-13-23(21)32-27;1-5-10(6-2)12(14)9-13(15)11(7-3)8-4;/h7-15H,17H2,1-6H3;9-11,14H,5-8H2,1-4H3;/q-1;;/b;12-9-;. The number of nitrogens with zero attached hydrogens (tertiary/aromatic N) is 2. The minimum absolute atomic E-state index is 0. The molecule has 0 bridgehead atoms. The first-order valence-corrected chi connectivity index (χ1v) is 18.0. The Hall–Kier alpha value is -3.73. The normalized spacial score (nSPS) is 12.6. The van der Waals surface area contributed by atoms with Crippen molar-refractivity contribution < 1.29 is 34.4 Å². The van der Waals surface area contributed by atoms with Crippen molar-refractivity contribution in [3.8, 4) is 11.3 Å². The van der Waals surface area contributed by atoms with Crippen LogP contribution in [0.5, 0.6) is 0 Å². The number of aromatic nitrogens is 1. The number of ketones is 1. The zero-order valence-electron chi connectivity index (χ0n) is 31.5. The molecule has 3 aromatic carbocycles. The summed E-state index contributed by atoms with van der Waals surface area (Å²) in [6, 6.07) is 22.8. The fourth-order valence-corrected chi connectivity index (χ4v) is 7.08. The molecule has 3 heterocycles. The second-order valence-electron chi connectivity index (χ2n) is 14.8. The van der Waals surface area contributed by atoms with Crippen LogP contribution in [-0.4, -0.2) is 15.9 Å². The monoisotopic (exact) mass is 850 g/mol. The predicted octanol–water partition coefficient (Wildman–Crippen LogP) is 12.6. The molecule has 6 rings (SSSR count). The number of aliphatic hydroxyl groups is 1. The van der Waals surface area contributed by atoms with Gasteiger partial charge in [0.05, 0.1) is 17.0 Å². The van der Waals surface area contributed by atoms with E-state index >= 15 is 0 Å². The van der Waals surface area contributed by atoms with Gasteiger partial charge in [-0.05, 0) is 73.9 Å². The Bertz CT molecular complexity index is 1990. The number of carbonyl (C=O) groups is 1. The van der Waals surface area contributed by atoms with Gasteiger partial charge in [0, 0.05) is 66.6 Å². The molecule has 1 aliphatic heterocycles. The van der Waals surface area contributed by atoms with Crippen LogP contribution >= 0.6 is 0 Å². The van der Waals surface area contributed by atoms with Crippen molar-refractivity contribution in [3.05, 3.63) is 94.9 Å². The van der Waals surface area contributed by atoms with Crippen LogP contribution in [0, 0.1) is 44.1 Å². The average Bonchev–Trinajstić information content (AvgIpc) is 3.41. The van der Waals surface area contributed by atoms with Gasteiger partial charge in [-0.1, -0.05) is 85.7 Å². The van der Waals surface area contributed by atoms with E-state index in [9.17, 15) is 9.90 Å². The molecule has 0 unspecified atom stereocenters. The summed E-state index contributed by atoms with van der Waals surface area (Å²) in [5.74, 6) is 1.56. The predicted molar refractivity (Wildman–Crippen MR) is 205 cm³/mol. The molecular formula is C44H53IrN2O3-. The Morgan fingerprint density at radius 1 is 0.880 bits per heavy atom. The van der Waals surface area contributed by atoms with Crippen molar-refractivity contribution in [3.63, 3.8) is 0 Å². The van der Waals surface area contributed by atoms with E-state index in [1.54, 1.807) is 0 Å². The van der Waals surface area contributed by atoms with Crippen molar-refractivity contribution in [1.82, 2.24) is 4.98 Å². The summed E-state index contributed by atoms with van der Waals surface area (Å²) in [7, 11) is 0. The molecule has 50 heavy (non-hydrogen) atoms. The molecule has 6 heteroatoms. The summed E-state index contributed by atoms with van der Waals surface area (Å²) in [4.78, 5) is 19.3. The van der Waals surface area contributed by atoms with Crippen LogP contribution < -0.4 is 4.90 Å². The third-order valence-corrected chi connectivity index (χ3v) is 9.78. The molecule has 0 aliphatic carbocycles. The summed E-state index contributed by atoms with van der Waals surface area (Å²) in [6.45, 7) is 21.3. The van der Waals surface area contributed by atoms with Crippen LogP contribution in [0.1, 0.15) is 96.6 Å². The minimum Gasteiger partial charge on any atom is -0.512 e. The van der Waals surface area contributed by atoms with E-state index in [4.69, 9.17) is 9.40 Å². The Kier molecular flexibility index (Phi) is 12.6. The second kappa shape index (κ2) is 16.1. The summed E-state index contributed by atoms with van der Waals surface area (Å²) < 4.78 is 6.80. The van der Waals surface area contributed by atoms with E-state index in [2.05, 4.69) is 101 Å². The maximum atomic E-state index is 11.7. The van der Waals surface area contributed by atoms with E-state index in [1.807, 2.05) is 33.8 Å². The van der Waals surface area contributed by atoms with E-state index in [-0.39, 0.29) is 48.9 Å². The Balaban J connectivity index is 0.000000301. The number of rotatable bonds is 9. The molecule has 0 amide bonds. The average molecular weight is 850 g/mol. The van der Waals surface area contributed by atoms with Crippen LogP contribution in [0.25, 0.3) is 33.1 Å². The Morgan fingerprint density at radius 2 is 1.50 bits per heavy atom. The van der Waals surface area contributed by atoms with Gasteiger partial charge in [0.1, 0.15) is 11.3 Å². The van der Waals surface area contributed by atoms with Crippen LogP contribution in [0.15, 0.2) is 70.8 Å². The SMILES string of the molecule is CCC(CC)C(=O)/C=C(\O)C(CC)CC.Cc1[c-]c2c(cc1)N(c1c(C)cccc1C)c1c(CC(C)(C)C)oc3c1c-2nc1ccccc13.[Ir]. The summed E-state index contributed by atoms with van der Waals surface area (Å²) >= 11 is 0.